The first-order valence-corrected chi connectivity index (χ1v) is 6.71. The van der Waals surface area contributed by atoms with E-state index in [1.165, 1.54) is 4.90 Å². The second-order valence-corrected chi connectivity index (χ2v) is 8.50. The number of nitrogens with one attached hydrogen (secondary N) is 1. The van der Waals surface area contributed by atoms with Crippen LogP contribution in [0.25, 0.3) is 0 Å². The van der Waals surface area contributed by atoms with Crippen molar-refractivity contribution in [3.63, 3.8) is 0 Å². The van der Waals surface area contributed by atoms with Gasteiger partial charge in [0.25, 0.3) is 0 Å². The molecule has 0 fully saturated rings. The third-order valence-electron chi connectivity index (χ3n) is 2.31. The highest BCUT2D eigenvalue weighted by molar-refractivity contribution is 7.65. The van der Waals surface area contributed by atoms with E-state index in [0.717, 1.165) is 6.29 Å². The summed E-state index contributed by atoms with van der Waals surface area (Å²) in [4.78, 5) is 1.29. The third-order valence-corrected chi connectivity index (χ3v) is 6.93. The molecule has 0 aromatic heterocycles. The lowest BCUT2D eigenvalue weighted by atomic mass is 10.5. The first kappa shape index (κ1) is 12.2. The van der Waals surface area contributed by atoms with E-state index in [1.807, 2.05) is 0 Å². The quantitative estimate of drug-likeness (QED) is 0.665. The second-order valence-electron chi connectivity index (χ2n) is 4.41. The lowest BCUT2D eigenvalue weighted by Gasteiger charge is -2.26. The summed E-state index contributed by atoms with van der Waals surface area (Å²) in [5.74, 6) is 0. The summed E-state index contributed by atoms with van der Waals surface area (Å²) >= 11 is 0. The fraction of sp³-hybridized carbons (Fsp3) is 1.00. The van der Waals surface area contributed by atoms with Gasteiger partial charge in [-0.05, 0) is 0 Å². The Hall–Kier alpha value is 0.190. The highest BCUT2D eigenvalue weighted by Crippen LogP contribution is 2.52. The van der Waals surface area contributed by atoms with E-state index in [2.05, 4.69) is 41.8 Å². The first-order valence-electron chi connectivity index (χ1n) is 4.68. The molecule has 0 unspecified atom stereocenters. The molecule has 0 aliphatic heterocycles. The molecule has 0 atom stereocenters. The van der Waals surface area contributed by atoms with Crippen LogP contribution in [-0.4, -0.2) is 31.7 Å². The number of quaternary nitrogens is 1. The van der Waals surface area contributed by atoms with Gasteiger partial charge in [-0.2, -0.15) is 0 Å². The van der Waals surface area contributed by atoms with Crippen LogP contribution >= 0.6 is 7.14 Å². The molecule has 0 saturated heterocycles. The minimum Gasteiger partial charge on any atom is -0.334 e. The smallest absolute Gasteiger partial charge is 0.144 e. The van der Waals surface area contributed by atoms with Gasteiger partial charge in [-0.3, -0.25) is 0 Å². The van der Waals surface area contributed by atoms with E-state index in [-0.39, 0.29) is 0 Å². The van der Waals surface area contributed by atoms with Gasteiger partial charge >= 0.3 is 0 Å². The van der Waals surface area contributed by atoms with Crippen molar-refractivity contribution in [1.29, 1.82) is 0 Å². The minimum absolute atomic E-state index is 0.326. The average Bonchev–Trinajstić information content (AvgIpc) is 1.84. The topological polar surface area (TPSA) is 21.5 Å². The molecule has 0 aliphatic rings. The van der Waals surface area contributed by atoms with Crippen LogP contribution in [0.4, 0.5) is 0 Å². The molecule has 0 saturated carbocycles. The van der Waals surface area contributed by atoms with Gasteiger partial charge in [-0.1, -0.05) is 27.7 Å². The van der Waals surface area contributed by atoms with Crippen LogP contribution in [0.3, 0.4) is 0 Å². The monoisotopic (exact) mass is 192 g/mol. The lowest BCUT2D eigenvalue weighted by Crippen LogP contribution is -3.05. The Kier molecular flexibility index (Phi) is 4.50. The minimum atomic E-state index is -1.96. The first-order chi connectivity index (χ1) is 5.30. The van der Waals surface area contributed by atoms with Gasteiger partial charge in [-0.15, -0.1) is 0 Å². The predicted molar refractivity (Wildman–Crippen MR) is 55.6 cm³/mol. The van der Waals surface area contributed by atoms with Crippen molar-refractivity contribution in [3.05, 3.63) is 0 Å². The molecule has 3 heteroatoms. The van der Waals surface area contributed by atoms with Crippen molar-refractivity contribution in [3.8, 4) is 0 Å². The Morgan fingerprint density at radius 1 is 1.08 bits per heavy atom. The molecule has 0 aliphatic carbocycles. The van der Waals surface area contributed by atoms with E-state index in [4.69, 9.17) is 0 Å². The second kappa shape index (κ2) is 4.43. The fourth-order valence-corrected chi connectivity index (χ4v) is 4.37. The summed E-state index contributed by atoms with van der Waals surface area (Å²) in [6, 6.07) is 0. The molecule has 0 rings (SSSR count). The van der Waals surface area contributed by atoms with Crippen LogP contribution in [0.5, 0.6) is 0 Å². The van der Waals surface area contributed by atoms with Crippen molar-refractivity contribution in [2.24, 2.45) is 0 Å². The number of hydrogen-bond acceptors (Lipinski definition) is 1. The normalized spacial score (nSPS) is 13.4. The predicted octanol–water partition coefficient (Wildman–Crippen LogP) is 1.27. The molecular weight excluding hydrogens is 169 g/mol. The summed E-state index contributed by atoms with van der Waals surface area (Å²) in [7, 11) is 2.18. The molecule has 0 heterocycles. The maximum absolute atomic E-state index is 12.4. The maximum Gasteiger partial charge on any atom is 0.144 e. The summed E-state index contributed by atoms with van der Waals surface area (Å²) < 4.78 is 12.4. The molecule has 0 bridgehead atoms. The SMILES string of the molecule is CC(C)P(=O)(C[NH+](C)C)C(C)C. The molecule has 0 spiro atoms. The zero-order chi connectivity index (χ0) is 9.94. The molecule has 1 N–H and O–H groups in total. The Morgan fingerprint density at radius 3 is 1.50 bits per heavy atom. The van der Waals surface area contributed by atoms with E-state index in [0.29, 0.717) is 11.3 Å². The van der Waals surface area contributed by atoms with Crippen molar-refractivity contribution >= 4 is 7.14 Å². The lowest BCUT2D eigenvalue weighted by molar-refractivity contribution is -0.845. The van der Waals surface area contributed by atoms with Crippen molar-refractivity contribution in [2.45, 2.75) is 39.0 Å². The van der Waals surface area contributed by atoms with Crippen molar-refractivity contribution in [2.75, 3.05) is 20.4 Å². The summed E-state index contributed by atoms with van der Waals surface area (Å²) in [5, 5.41) is 0. The van der Waals surface area contributed by atoms with Gasteiger partial charge in [-0.25, -0.2) is 0 Å². The number of rotatable bonds is 4. The van der Waals surface area contributed by atoms with E-state index in [9.17, 15) is 4.57 Å². The van der Waals surface area contributed by atoms with Gasteiger partial charge in [0.15, 0.2) is 0 Å². The molecule has 12 heavy (non-hydrogen) atoms. The highest BCUT2D eigenvalue weighted by Gasteiger charge is 2.32. The standard InChI is InChI=1S/C9H22NOP/c1-8(2)12(11,9(3)4)7-10(5)6/h8-9H,7H2,1-6H3/p+1. The Morgan fingerprint density at radius 2 is 1.42 bits per heavy atom. The highest BCUT2D eigenvalue weighted by atomic mass is 31.2. The van der Waals surface area contributed by atoms with E-state index >= 15 is 0 Å². The van der Waals surface area contributed by atoms with Crippen LogP contribution in [0.15, 0.2) is 0 Å². The molecule has 0 radical (unpaired) electrons. The molecule has 2 nitrogen and oxygen atoms in total. The van der Waals surface area contributed by atoms with E-state index in [1.54, 1.807) is 0 Å². The summed E-state index contributed by atoms with van der Waals surface area (Å²) in [5.41, 5.74) is 0.653. The van der Waals surface area contributed by atoms with Crippen LogP contribution in [0, 0.1) is 0 Å². The van der Waals surface area contributed by atoms with Crippen molar-refractivity contribution in [1.82, 2.24) is 0 Å². The molecule has 74 valence electrons. The summed E-state index contributed by atoms with van der Waals surface area (Å²) in [6.45, 7) is 8.29. The Balaban J connectivity index is 4.53. The van der Waals surface area contributed by atoms with Crippen LogP contribution in [0.1, 0.15) is 27.7 Å². The number of hydrogen-bond donors (Lipinski definition) is 1. The molecule has 0 aromatic carbocycles. The van der Waals surface area contributed by atoms with Crippen molar-refractivity contribution < 1.29 is 9.46 Å². The van der Waals surface area contributed by atoms with Gasteiger partial charge in [0.05, 0.1) is 14.1 Å². The zero-order valence-electron chi connectivity index (χ0n) is 9.22. The van der Waals surface area contributed by atoms with Gasteiger partial charge in [0, 0.05) is 11.3 Å². The fourth-order valence-electron chi connectivity index (χ4n) is 1.46. The third kappa shape index (κ3) is 2.91. The van der Waals surface area contributed by atoms with Gasteiger partial charge in [0.2, 0.25) is 0 Å². The Bertz CT molecular complexity index is 163. The zero-order valence-corrected chi connectivity index (χ0v) is 10.1. The average molecular weight is 192 g/mol. The molecular formula is C9H23NOP+. The maximum atomic E-state index is 12.4. The van der Waals surface area contributed by atoms with Crippen LogP contribution < -0.4 is 4.90 Å². The molecule has 0 aromatic rings. The Labute approximate surface area is 76.7 Å². The largest absolute Gasteiger partial charge is 0.334 e. The van der Waals surface area contributed by atoms with Gasteiger partial charge < -0.3 is 9.46 Å². The van der Waals surface area contributed by atoms with Crippen LogP contribution in [-0.2, 0) is 4.57 Å². The van der Waals surface area contributed by atoms with Crippen LogP contribution in [0.2, 0.25) is 0 Å². The van der Waals surface area contributed by atoms with Gasteiger partial charge in [0.1, 0.15) is 13.4 Å². The van der Waals surface area contributed by atoms with E-state index < -0.39 is 7.14 Å². The molecule has 0 amide bonds. The summed E-state index contributed by atoms with van der Waals surface area (Å²) in [6.07, 6.45) is 0.822.